The van der Waals surface area contributed by atoms with E-state index in [0.717, 1.165) is 16.4 Å². The average Bonchev–Trinajstić information content (AvgIpc) is 2.88. The maximum atomic E-state index is 13.5. The number of sulfonamides is 1. The van der Waals surface area contributed by atoms with Crippen LogP contribution in [0.25, 0.3) is 0 Å². The molecule has 12 heteroatoms. The fraction of sp³-hybridized carbons (Fsp3) is 0.240. The molecule has 3 aromatic carbocycles. The molecule has 1 saturated heterocycles. The summed E-state index contributed by atoms with van der Waals surface area (Å²) in [5.74, 6) is -0.464. The Morgan fingerprint density at radius 1 is 0.892 bits per heavy atom. The second-order valence-corrected chi connectivity index (χ2v) is 11.0. The van der Waals surface area contributed by atoms with Crippen LogP contribution in [0.4, 0.5) is 24.5 Å². The zero-order valence-corrected chi connectivity index (χ0v) is 21.7. The Balaban J connectivity index is 1.53. The van der Waals surface area contributed by atoms with E-state index in [9.17, 15) is 26.4 Å². The molecular formula is C25H22Cl2F3N3O3S. The van der Waals surface area contributed by atoms with Gasteiger partial charge < -0.3 is 9.80 Å². The Bertz CT molecular complexity index is 1380. The minimum absolute atomic E-state index is 0.0109. The van der Waals surface area contributed by atoms with Gasteiger partial charge in [-0.15, -0.1) is 0 Å². The van der Waals surface area contributed by atoms with Gasteiger partial charge in [0.05, 0.1) is 21.2 Å². The fourth-order valence-corrected chi connectivity index (χ4v) is 6.03. The van der Waals surface area contributed by atoms with Crippen LogP contribution >= 0.6 is 23.2 Å². The Morgan fingerprint density at radius 3 is 2.19 bits per heavy atom. The third kappa shape index (κ3) is 6.14. The third-order valence-electron chi connectivity index (χ3n) is 5.96. The average molecular weight is 572 g/mol. The second kappa shape index (κ2) is 10.8. The summed E-state index contributed by atoms with van der Waals surface area (Å²) in [5, 5.41) is 0.372. The Kier molecular flexibility index (Phi) is 7.91. The van der Waals surface area contributed by atoms with E-state index in [1.165, 1.54) is 41.3 Å². The van der Waals surface area contributed by atoms with Crippen LogP contribution in [0.1, 0.15) is 5.56 Å². The van der Waals surface area contributed by atoms with E-state index >= 15 is 0 Å². The van der Waals surface area contributed by atoms with Gasteiger partial charge in [0.15, 0.2) is 0 Å². The van der Waals surface area contributed by atoms with E-state index in [1.54, 1.807) is 29.2 Å². The molecule has 0 atom stereocenters. The molecule has 0 bridgehead atoms. The summed E-state index contributed by atoms with van der Waals surface area (Å²) in [6.45, 7) is 0.494. The molecule has 0 radical (unpaired) electrons. The van der Waals surface area contributed by atoms with Crippen LogP contribution in [-0.4, -0.2) is 51.9 Å². The molecule has 1 aliphatic heterocycles. The minimum Gasteiger partial charge on any atom is -0.368 e. The Morgan fingerprint density at radius 2 is 1.57 bits per heavy atom. The Labute approximate surface area is 222 Å². The summed E-state index contributed by atoms with van der Waals surface area (Å²) in [5.41, 5.74) is -0.237. The number of carbonyl (C=O) groups is 1. The number of halogens is 5. The van der Waals surface area contributed by atoms with E-state index in [4.69, 9.17) is 23.2 Å². The van der Waals surface area contributed by atoms with Crippen molar-refractivity contribution in [2.24, 2.45) is 0 Å². The fourth-order valence-electron chi connectivity index (χ4n) is 4.02. The molecule has 0 aliphatic carbocycles. The number of benzene rings is 3. The van der Waals surface area contributed by atoms with E-state index in [0.29, 0.717) is 23.8 Å². The molecule has 0 spiro atoms. The molecular weight excluding hydrogens is 550 g/mol. The lowest BCUT2D eigenvalue weighted by Gasteiger charge is -2.37. The molecule has 0 unspecified atom stereocenters. The van der Waals surface area contributed by atoms with Gasteiger partial charge in [0.2, 0.25) is 5.91 Å². The summed E-state index contributed by atoms with van der Waals surface area (Å²) >= 11 is 12.3. The number of amides is 1. The number of nitrogens with zero attached hydrogens (tertiary/aromatic N) is 3. The summed E-state index contributed by atoms with van der Waals surface area (Å²) in [6.07, 6.45) is -4.45. The molecule has 1 heterocycles. The largest absolute Gasteiger partial charge is 0.416 e. The lowest BCUT2D eigenvalue weighted by molar-refractivity contribution is -0.137. The van der Waals surface area contributed by atoms with Gasteiger partial charge in [-0.3, -0.25) is 9.10 Å². The molecule has 196 valence electrons. The highest BCUT2D eigenvalue weighted by Crippen LogP contribution is 2.34. The highest BCUT2D eigenvalue weighted by Gasteiger charge is 2.33. The molecule has 1 amide bonds. The molecule has 0 N–H and O–H groups in total. The van der Waals surface area contributed by atoms with Crippen molar-refractivity contribution in [3.63, 3.8) is 0 Å². The zero-order valence-electron chi connectivity index (χ0n) is 19.3. The predicted octanol–water partition coefficient (Wildman–Crippen LogP) is 5.56. The van der Waals surface area contributed by atoms with E-state index in [-0.39, 0.29) is 28.7 Å². The number of alkyl halides is 3. The van der Waals surface area contributed by atoms with Gasteiger partial charge in [-0.25, -0.2) is 8.42 Å². The predicted molar refractivity (Wildman–Crippen MR) is 138 cm³/mol. The van der Waals surface area contributed by atoms with Crippen molar-refractivity contribution in [3.05, 3.63) is 88.4 Å². The molecule has 37 heavy (non-hydrogen) atoms. The highest BCUT2D eigenvalue weighted by atomic mass is 35.5. The highest BCUT2D eigenvalue weighted by molar-refractivity contribution is 7.92. The van der Waals surface area contributed by atoms with E-state index in [2.05, 4.69) is 0 Å². The minimum atomic E-state index is -4.45. The Hall–Kier alpha value is -2.95. The van der Waals surface area contributed by atoms with Gasteiger partial charge in [-0.05, 0) is 48.5 Å². The molecule has 0 saturated carbocycles. The number of rotatable bonds is 6. The third-order valence-corrected chi connectivity index (χ3v) is 8.27. The maximum absolute atomic E-state index is 13.5. The van der Waals surface area contributed by atoms with Crippen molar-refractivity contribution in [2.45, 2.75) is 11.1 Å². The van der Waals surface area contributed by atoms with Crippen molar-refractivity contribution in [2.75, 3.05) is 41.9 Å². The first kappa shape index (κ1) is 27.1. The second-order valence-electron chi connectivity index (χ2n) is 8.34. The van der Waals surface area contributed by atoms with Crippen molar-refractivity contribution in [1.82, 2.24) is 4.90 Å². The van der Waals surface area contributed by atoms with Crippen molar-refractivity contribution in [1.29, 1.82) is 0 Å². The summed E-state index contributed by atoms with van der Waals surface area (Å²) < 4.78 is 67.2. The first-order chi connectivity index (χ1) is 17.5. The van der Waals surface area contributed by atoms with Crippen LogP contribution in [-0.2, 0) is 21.0 Å². The van der Waals surface area contributed by atoms with E-state index in [1.807, 2.05) is 0 Å². The number of anilines is 2. The first-order valence-electron chi connectivity index (χ1n) is 11.2. The molecule has 1 aliphatic rings. The van der Waals surface area contributed by atoms with Gasteiger partial charge in [0.25, 0.3) is 10.0 Å². The normalized spacial score (nSPS) is 14.5. The molecule has 4 rings (SSSR count). The molecule has 1 fully saturated rings. The van der Waals surface area contributed by atoms with Crippen molar-refractivity contribution >= 4 is 50.5 Å². The quantitative estimate of drug-likeness (QED) is 0.389. The van der Waals surface area contributed by atoms with Crippen LogP contribution in [0.3, 0.4) is 0 Å². The number of piperazine rings is 1. The molecule has 0 aromatic heterocycles. The summed E-state index contributed by atoms with van der Waals surface area (Å²) in [7, 11) is -4.15. The van der Waals surface area contributed by atoms with Crippen LogP contribution in [0.2, 0.25) is 10.0 Å². The van der Waals surface area contributed by atoms with Gasteiger partial charge >= 0.3 is 6.18 Å². The number of hydrogen-bond donors (Lipinski definition) is 0. The number of hydrogen-bond acceptors (Lipinski definition) is 4. The molecule has 6 nitrogen and oxygen atoms in total. The zero-order chi connectivity index (χ0) is 26.8. The first-order valence-corrected chi connectivity index (χ1v) is 13.4. The van der Waals surface area contributed by atoms with Crippen LogP contribution in [0, 0.1) is 0 Å². The van der Waals surface area contributed by atoms with E-state index < -0.39 is 34.2 Å². The van der Waals surface area contributed by atoms with Gasteiger partial charge in [0.1, 0.15) is 6.54 Å². The topological polar surface area (TPSA) is 60.9 Å². The van der Waals surface area contributed by atoms with Crippen molar-refractivity contribution in [3.8, 4) is 0 Å². The van der Waals surface area contributed by atoms with Crippen molar-refractivity contribution < 1.29 is 26.4 Å². The van der Waals surface area contributed by atoms with Gasteiger partial charge in [0, 0.05) is 36.9 Å². The SMILES string of the molecule is O=C(CN(c1ccc(Cl)cc1Cl)S(=O)(=O)c1ccccc1)N1CCN(c2cccc(C(F)(F)F)c2)CC1. The van der Waals surface area contributed by atoms with Crippen LogP contribution in [0.5, 0.6) is 0 Å². The summed E-state index contributed by atoms with van der Waals surface area (Å²) in [4.78, 5) is 16.5. The van der Waals surface area contributed by atoms with Gasteiger partial charge in [-0.2, -0.15) is 13.2 Å². The lowest BCUT2D eigenvalue weighted by Crippen LogP contribution is -2.52. The number of carbonyl (C=O) groups excluding carboxylic acids is 1. The standard InChI is InChI=1S/C25H22Cl2F3N3O3S/c26-19-9-10-23(22(27)16-19)33(37(35,36)21-7-2-1-3-8-21)17-24(34)32-13-11-31(12-14-32)20-6-4-5-18(15-20)25(28,29)30/h1-10,15-16H,11-14,17H2. The summed E-state index contributed by atoms with van der Waals surface area (Å²) in [6, 6.07) is 17.0. The molecule has 3 aromatic rings. The lowest BCUT2D eigenvalue weighted by atomic mass is 10.1. The maximum Gasteiger partial charge on any atom is 0.416 e. The monoisotopic (exact) mass is 571 g/mol. The smallest absolute Gasteiger partial charge is 0.368 e. The van der Waals surface area contributed by atoms with Gasteiger partial charge in [-0.1, -0.05) is 47.5 Å². The van der Waals surface area contributed by atoms with Crippen LogP contribution in [0.15, 0.2) is 77.7 Å². The van der Waals surface area contributed by atoms with Crippen LogP contribution < -0.4 is 9.21 Å².